The molecule has 1 aliphatic carbocycles. The second-order valence-corrected chi connectivity index (χ2v) is 53.5. The minimum Gasteiger partial charge on any atom is -0.541 e. The molecule has 0 radical (unpaired) electrons. The fourth-order valence-electron chi connectivity index (χ4n) is 8.44. The van der Waals surface area contributed by atoms with Crippen molar-refractivity contribution in [3.05, 3.63) is 41.0 Å². The van der Waals surface area contributed by atoms with Crippen LogP contribution in [0.5, 0.6) is 11.5 Å². The van der Waals surface area contributed by atoms with Gasteiger partial charge in [0.05, 0.1) is 39.0 Å². The number of carbonyl (C=O) groups excluding carboxylic acids is 1. The van der Waals surface area contributed by atoms with Gasteiger partial charge in [0, 0.05) is 12.0 Å². The summed E-state index contributed by atoms with van der Waals surface area (Å²) in [5.41, 5.74) is 2.64. The first-order chi connectivity index (χ1) is 31.8. The third kappa shape index (κ3) is 14.4. The Labute approximate surface area is 443 Å². The number of carbonyl (C=O) groups is 1. The minimum absolute atomic E-state index is 0. The Morgan fingerprint density at radius 1 is 0.667 bits per heavy atom. The van der Waals surface area contributed by atoms with E-state index in [0.717, 1.165) is 17.6 Å². The predicted molar refractivity (Wildman–Crippen MR) is 310 cm³/mol. The van der Waals surface area contributed by atoms with Crippen molar-refractivity contribution in [1.82, 2.24) is 5.32 Å². The molecule has 0 unspecified atom stereocenters. The lowest BCUT2D eigenvalue weighted by Gasteiger charge is -2.55. The maximum absolute atomic E-state index is 15.1. The van der Waals surface area contributed by atoms with Gasteiger partial charge in [-0.15, -0.1) is 0 Å². The number of rotatable bonds is 16. The van der Waals surface area contributed by atoms with E-state index in [1.165, 1.54) is 0 Å². The topological polar surface area (TPSA) is 155 Å². The van der Waals surface area contributed by atoms with E-state index in [9.17, 15) is 5.11 Å². The van der Waals surface area contributed by atoms with Gasteiger partial charge in [-0.1, -0.05) is 129 Å². The summed E-state index contributed by atoms with van der Waals surface area (Å²) in [5.74, 6) is 1.01. The molecule has 3 aliphatic rings. The summed E-state index contributed by atoms with van der Waals surface area (Å²) in [6, 6.07) is 5.33. The molecule has 1 aromatic carbocycles. The van der Waals surface area contributed by atoms with Crippen LogP contribution in [0.15, 0.2) is 35.4 Å². The third-order valence-electron chi connectivity index (χ3n) is 18.5. The lowest BCUT2D eigenvalue weighted by atomic mass is 9.83. The molecule has 1 amide bonds. The zero-order valence-electron chi connectivity index (χ0n) is 50.3. The number of amides is 1. The number of hydrogen-bond acceptors (Lipinski definition) is 10. The van der Waals surface area contributed by atoms with Gasteiger partial charge in [0.25, 0.3) is 8.32 Å². The molecular weight excluding hydrogens is 991 g/mol. The Hall–Kier alpha value is -1.47. The van der Waals surface area contributed by atoms with Gasteiger partial charge >= 0.3 is 0 Å². The molecule has 2 heterocycles. The van der Waals surface area contributed by atoms with Crippen molar-refractivity contribution < 1.29 is 52.0 Å². The van der Waals surface area contributed by atoms with Gasteiger partial charge in [0.2, 0.25) is 12.2 Å². The Bertz CT molecular complexity index is 2070. The molecule has 4 N–H and O–H groups in total. The minimum atomic E-state index is -2.51. The molecule has 0 aromatic heterocycles. The summed E-state index contributed by atoms with van der Waals surface area (Å²) < 4.78 is 56.2. The number of hydrogen-bond donors (Lipinski definition) is 2. The SMILES string of the molecule is C/C(=C\c1ccc(O[C@H]2C[C@H]([Si](C)(C)C(C)(C)C)[C@@H](/C(C)=C/CO)O2)c(O[Si](C)(C)C(C)(C)C)c1)C(=O)N[C@H]1[C@@H](O[Si](C)(C)C(C)(C)C)[C@@H]2OCO[C@@H]2[C@H](O[Si](C)(C)C(C)(C)C)[C@H]1O[Si](C)(C)C(C)(C)C.O. The molecule has 0 bridgehead atoms. The van der Waals surface area contributed by atoms with Crippen molar-refractivity contribution in [3.8, 4) is 11.5 Å². The summed E-state index contributed by atoms with van der Waals surface area (Å²) in [7, 11) is -11.7. The fraction of sp³-hybridized carbons (Fsp3) is 0.800. The normalized spacial score (nSPS) is 26.8. The number of benzene rings is 1. The molecule has 0 spiro atoms. The van der Waals surface area contributed by atoms with Crippen LogP contribution in [0.25, 0.3) is 6.08 Å². The van der Waals surface area contributed by atoms with E-state index >= 15 is 4.79 Å². The highest BCUT2D eigenvalue weighted by Crippen LogP contribution is 2.53. The number of aliphatic hydroxyl groups excluding tert-OH is 1. The number of nitrogens with one attached hydrogen (secondary N) is 1. The van der Waals surface area contributed by atoms with Crippen molar-refractivity contribution >= 4 is 53.3 Å². The monoisotopic (exact) mass is 1100 g/mol. The predicted octanol–water partition coefficient (Wildman–Crippen LogP) is 13.4. The molecular formula is C55H105NO11Si5. The highest BCUT2D eigenvalue weighted by atomic mass is 28.4. The van der Waals surface area contributed by atoms with Gasteiger partial charge in [-0.2, -0.15) is 0 Å². The number of aliphatic hydroxyl groups is 1. The molecule has 1 aromatic rings. The van der Waals surface area contributed by atoms with Crippen LogP contribution >= 0.6 is 0 Å². The second kappa shape index (κ2) is 22.5. The zero-order chi connectivity index (χ0) is 54.7. The first-order valence-corrected chi connectivity index (χ1v) is 41.2. The van der Waals surface area contributed by atoms with E-state index in [0.29, 0.717) is 17.1 Å². The molecule has 12 nitrogen and oxygen atoms in total. The highest BCUT2D eigenvalue weighted by Gasteiger charge is 2.61. The summed E-state index contributed by atoms with van der Waals surface area (Å²) in [6.45, 7) is 60.8. The molecule has 3 fully saturated rings. The molecule has 416 valence electrons. The van der Waals surface area contributed by atoms with Crippen molar-refractivity contribution in [2.45, 2.75) is 269 Å². The Kier molecular flexibility index (Phi) is 20.2. The molecule has 2 saturated heterocycles. The quantitative estimate of drug-likeness (QED) is 0.0928. The summed E-state index contributed by atoms with van der Waals surface area (Å²) in [5, 5.41) is 13.1. The maximum atomic E-state index is 15.1. The third-order valence-corrected chi connectivity index (χ3v) is 42.5. The molecule has 17 heteroatoms. The average molecular weight is 1100 g/mol. The van der Waals surface area contributed by atoms with Gasteiger partial charge < -0.3 is 52.6 Å². The molecule has 4 rings (SSSR count). The highest BCUT2D eigenvalue weighted by molar-refractivity contribution is 6.81. The van der Waals surface area contributed by atoms with E-state index in [2.05, 4.69) is 182 Å². The van der Waals surface area contributed by atoms with Gasteiger partial charge in [0.15, 0.2) is 30.7 Å². The van der Waals surface area contributed by atoms with E-state index in [4.69, 9.17) is 36.7 Å². The smallest absolute Gasteiger partial charge is 0.250 e. The van der Waals surface area contributed by atoms with Crippen LogP contribution in [-0.4, -0.2) is 120 Å². The second-order valence-electron chi connectivity index (χ2n) is 28.9. The van der Waals surface area contributed by atoms with Crippen molar-refractivity contribution in [2.24, 2.45) is 0 Å². The summed E-state index contributed by atoms with van der Waals surface area (Å²) in [4.78, 5) is 15.1. The van der Waals surface area contributed by atoms with Crippen molar-refractivity contribution in [3.63, 3.8) is 0 Å². The Balaban J connectivity index is 0.0000137. The van der Waals surface area contributed by atoms with E-state index in [-0.39, 0.29) is 61.6 Å². The maximum Gasteiger partial charge on any atom is 0.250 e. The summed E-state index contributed by atoms with van der Waals surface area (Å²) >= 11 is 0. The molecule has 72 heavy (non-hydrogen) atoms. The Morgan fingerprint density at radius 2 is 1.12 bits per heavy atom. The molecule has 9 atom stereocenters. The van der Waals surface area contributed by atoms with Gasteiger partial charge in [-0.05, 0) is 126 Å². The average Bonchev–Trinajstić information content (AvgIpc) is 3.85. The Morgan fingerprint density at radius 3 is 1.58 bits per heavy atom. The van der Waals surface area contributed by atoms with Crippen LogP contribution in [-0.2, 0) is 32.3 Å². The van der Waals surface area contributed by atoms with Gasteiger partial charge in [-0.3, -0.25) is 4.79 Å². The van der Waals surface area contributed by atoms with Crippen LogP contribution in [0.1, 0.15) is 130 Å². The van der Waals surface area contributed by atoms with Crippen LogP contribution in [0, 0.1) is 0 Å². The van der Waals surface area contributed by atoms with Crippen LogP contribution in [0.3, 0.4) is 0 Å². The van der Waals surface area contributed by atoms with E-state index < -0.39 is 84.2 Å². The molecule has 2 aliphatic heterocycles. The van der Waals surface area contributed by atoms with Crippen LogP contribution < -0.4 is 14.5 Å². The lowest BCUT2D eigenvalue weighted by molar-refractivity contribution is -0.144. The van der Waals surface area contributed by atoms with E-state index in [1.807, 2.05) is 37.3 Å². The van der Waals surface area contributed by atoms with Crippen molar-refractivity contribution in [1.29, 1.82) is 0 Å². The van der Waals surface area contributed by atoms with Crippen LogP contribution in [0.4, 0.5) is 0 Å². The standard InChI is InChI=1S/C55H103NO10Si5.H2O/c1-36(30-31-57)44-41(67(18,19)51(3,4)5)34-42(62-44)61-39-29-28-38(33-40(39)63-68(20,21)52(6,7)8)32-37(2)50(58)56-43-45(64-69(22,23)53(9,10)11)47-48(60-35-59-47)49(66-71(26,27)55(15,16)17)46(43)65-70(24,25)54(12,13)14;/h28-30,32-33,41-49,57H,31,34-35H2,1-27H3,(H,56,58);1H2/b36-30+,37-32+;/t41-,42+,43-,44+,45+,46-,47-,48-,49+;/m0./s1. The number of fused-ring (bicyclic) bond motifs is 1. The lowest BCUT2D eigenvalue weighted by Crippen LogP contribution is -2.73. The van der Waals surface area contributed by atoms with E-state index in [1.54, 1.807) is 0 Å². The number of ether oxygens (including phenoxy) is 4. The van der Waals surface area contributed by atoms with Gasteiger partial charge in [-0.25, -0.2) is 0 Å². The molecule has 1 saturated carbocycles. The zero-order valence-corrected chi connectivity index (χ0v) is 55.3. The largest absolute Gasteiger partial charge is 0.541 e. The first-order valence-electron chi connectivity index (χ1n) is 26.5. The van der Waals surface area contributed by atoms with Crippen LogP contribution in [0.2, 0.25) is 96.2 Å². The summed E-state index contributed by atoms with van der Waals surface area (Å²) in [6.07, 6.45) is 1.27. The first kappa shape index (κ1) is 64.8. The fourth-order valence-corrected chi connectivity index (χ4v) is 16.4. The van der Waals surface area contributed by atoms with Gasteiger partial charge in [0.1, 0.15) is 30.9 Å². The van der Waals surface area contributed by atoms with Crippen molar-refractivity contribution in [2.75, 3.05) is 13.4 Å².